The number of H-pyrrole nitrogens is 2. The van der Waals surface area contributed by atoms with Gasteiger partial charge in [-0.15, -0.1) is 0 Å². The van der Waals surface area contributed by atoms with Gasteiger partial charge in [0.2, 0.25) is 6.29 Å². The number of benzene rings is 1. The number of aromatic nitrogens is 4. The zero-order valence-electron chi connectivity index (χ0n) is 22.6. The maximum absolute atomic E-state index is 12.8. The Hall–Kier alpha value is -3.65. The molecule has 1 aliphatic rings. The van der Waals surface area contributed by atoms with Crippen LogP contribution in [0.2, 0.25) is 0 Å². The van der Waals surface area contributed by atoms with Crippen molar-refractivity contribution in [2.45, 2.75) is 68.8 Å². The Morgan fingerprint density at radius 1 is 1.23 bits per heavy atom. The SMILES string of the molecule is CO[C@@H]1[C@@H](OC(=O)c2ccc(C)[nH]2)[C@@H](O)[C@H](Oc2ccc3c(CSc4ncn[nH]4)cc(=O)oc3c2C)OC1(C)C. The predicted molar refractivity (Wildman–Crippen MR) is 144 cm³/mol. The highest BCUT2D eigenvalue weighted by Gasteiger charge is 2.53. The predicted octanol–water partition coefficient (Wildman–Crippen LogP) is 3.26. The molecule has 4 atom stereocenters. The van der Waals surface area contributed by atoms with Crippen molar-refractivity contribution in [2.24, 2.45) is 0 Å². The molecule has 4 aromatic rings. The first kappa shape index (κ1) is 27.9. The van der Waals surface area contributed by atoms with Crippen molar-refractivity contribution in [1.29, 1.82) is 0 Å². The molecule has 0 spiro atoms. The van der Waals surface area contributed by atoms with Gasteiger partial charge in [-0.05, 0) is 57.5 Å². The monoisotopic (exact) mass is 570 g/mol. The molecule has 1 saturated heterocycles. The summed E-state index contributed by atoms with van der Waals surface area (Å²) in [4.78, 5) is 32.3. The molecule has 0 aliphatic carbocycles. The second kappa shape index (κ2) is 11.1. The molecule has 1 fully saturated rings. The first-order chi connectivity index (χ1) is 19.1. The average molecular weight is 571 g/mol. The molecule has 1 aromatic carbocycles. The zero-order chi connectivity index (χ0) is 28.6. The minimum atomic E-state index is -1.40. The van der Waals surface area contributed by atoms with Gasteiger partial charge in [0.25, 0.3) is 0 Å². The van der Waals surface area contributed by atoms with Gasteiger partial charge >= 0.3 is 11.6 Å². The van der Waals surface area contributed by atoms with Crippen LogP contribution in [0.25, 0.3) is 11.0 Å². The number of rotatable bonds is 8. The van der Waals surface area contributed by atoms with E-state index in [0.717, 1.165) is 16.6 Å². The number of aliphatic hydroxyl groups is 1. The topological polar surface area (TPSA) is 162 Å². The Kier molecular flexibility index (Phi) is 7.73. The van der Waals surface area contributed by atoms with Crippen LogP contribution >= 0.6 is 11.8 Å². The van der Waals surface area contributed by atoms with E-state index in [-0.39, 0.29) is 5.69 Å². The van der Waals surface area contributed by atoms with E-state index >= 15 is 0 Å². The minimum absolute atomic E-state index is 0.249. The molecule has 212 valence electrons. The Morgan fingerprint density at radius 3 is 2.70 bits per heavy atom. The third-order valence-electron chi connectivity index (χ3n) is 6.77. The molecule has 0 saturated carbocycles. The van der Waals surface area contributed by atoms with Crippen molar-refractivity contribution >= 4 is 28.7 Å². The van der Waals surface area contributed by atoms with E-state index in [1.807, 2.05) is 6.92 Å². The molecule has 0 amide bonds. The van der Waals surface area contributed by atoms with Crippen molar-refractivity contribution < 1.29 is 33.3 Å². The summed E-state index contributed by atoms with van der Waals surface area (Å²) in [5.41, 5.74) is 1.18. The molecule has 0 bridgehead atoms. The minimum Gasteiger partial charge on any atom is -0.462 e. The fraction of sp³-hybridized carbons (Fsp3) is 0.407. The second-order valence-corrected chi connectivity index (χ2v) is 11.0. The number of nitrogens with zero attached hydrogens (tertiary/aromatic N) is 2. The van der Waals surface area contributed by atoms with Crippen LogP contribution in [0.5, 0.6) is 5.75 Å². The Bertz CT molecular complexity index is 1560. The standard InChI is InChI=1S/C27H30N4O8S/c1-13-6-8-17(30-13)24(34)38-22-20(33)25(39-27(3,4)23(22)35-5)36-18-9-7-16-15(11-40-26-28-12-29-31-26)10-19(32)37-21(16)14(18)2/h6-10,12,20,22-23,25,30,33H,11H2,1-5H3,(H,28,29,31)/t20-,22+,23-,25-/m1/s1. The molecule has 40 heavy (non-hydrogen) atoms. The smallest absolute Gasteiger partial charge is 0.355 e. The van der Waals surface area contributed by atoms with E-state index in [1.165, 1.54) is 31.3 Å². The van der Waals surface area contributed by atoms with Crippen molar-refractivity contribution in [3.8, 4) is 5.75 Å². The number of esters is 1. The largest absolute Gasteiger partial charge is 0.462 e. The van der Waals surface area contributed by atoms with Crippen LogP contribution in [0, 0.1) is 13.8 Å². The van der Waals surface area contributed by atoms with Gasteiger partial charge in [0.05, 0.1) is 5.60 Å². The second-order valence-electron chi connectivity index (χ2n) is 10.0. The number of ether oxygens (including phenoxy) is 4. The lowest BCUT2D eigenvalue weighted by atomic mass is 9.89. The summed E-state index contributed by atoms with van der Waals surface area (Å²) in [5, 5.41) is 19.2. The molecule has 1 aliphatic heterocycles. The van der Waals surface area contributed by atoms with Gasteiger partial charge in [-0.25, -0.2) is 14.6 Å². The number of aryl methyl sites for hydroxylation is 2. The number of thioether (sulfide) groups is 1. The maximum atomic E-state index is 12.8. The van der Waals surface area contributed by atoms with Crippen molar-refractivity contribution in [3.63, 3.8) is 0 Å². The third-order valence-corrected chi connectivity index (χ3v) is 7.69. The summed E-state index contributed by atoms with van der Waals surface area (Å²) >= 11 is 1.40. The molecule has 12 nitrogen and oxygen atoms in total. The van der Waals surface area contributed by atoms with Gasteiger partial charge < -0.3 is 33.5 Å². The van der Waals surface area contributed by atoms with Crippen molar-refractivity contribution in [1.82, 2.24) is 20.2 Å². The number of hydrogen-bond donors (Lipinski definition) is 3. The molecule has 3 N–H and O–H groups in total. The number of hydrogen-bond acceptors (Lipinski definition) is 11. The van der Waals surface area contributed by atoms with Crippen LogP contribution in [0.3, 0.4) is 0 Å². The number of carbonyl (C=O) groups excluding carboxylic acids is 1. The number of carbonyl (C=O) groups is 1. The fourth-order valence-corrected chi connectivity index (χ4v) is 5.58. The number of fused-ring (bicyclic) bond motifs is 1. The van der Waals surface area contributed by atoms with E-state index < -0.39 is 41.8 Å². The first-order valence-corrected chi connectivity index (χ1v) is 13.5. The van der Waals surface area contributed by atoms with Crippen LogP contribution < -0.4 is 10.4 Å². The molecule has 3 aromatic heterocycles. The molecule has 4 heterocycles. The summed E-state index contributed by atoms with van der Waals surface area (Å²) in [6.07, 6.45) is -3.10. The zero-order valence-corrected chi connectivity index (χ0v) is 23.4. The lowest BCUT2D eigenvalue weighted by Crippen LogP contribution is -2.65. The van der Waals surface area contributed by atoms with Gasteiger partial charge in [0, 0.05) is 35.6 Å². The number of methoxy groups -OCH3 is 1. The van der Waals surface area contributed by atoms with Crippen LogP contribution in [-0.2, 0) is 20.0 Å². The van der Waals surface area contributed by atoms with Crippen LogP contribution in [0.1, 0.15) is 41.2 Å². The van der Waals surface area contributed by atoms with Gasteiger partial charge in [-0.3, -0.25) is 5.10 Å². The van der Waals surface area contributed by atoms with Gasteiger partial charge in [0.15, 0.2) is 17.4 Å². The molecule has 5 rings (SSSR count). The molecule has 0 radical (unpaired) electrons. The maximum Gasteiger partial charge on any atom is 0.355 e. The first-order valence-electron chi connectivity index (χ1n) is 12.5. The summed E-state index contributed by atoms with van der Waals surface area (Å²) in [7, 11) is 1.46. The quantitative estimate of drug-likeness (QED) is 0.162. The molecular weight excluding hydrogens is 540 g/mol. The van der Waals surface area contributed by atoms with Gasteiger partial charge in [0.1, 0.15) is 29.5 Å². The van der Waals surface area contributed by atoms with Crippen LogP contribution in [-0.4, -0.2) is 68.6 Å². The van der Waals surface area contributed by atoms with Crippen molar-refractivity contribution in [3.05, 3.63) is 69.6 Å². The van der Waals surface area contributed by atoms with E-state index in [9.17, 15) is 14.7 Å². The highest BCUT2D eigenvalue weighted by atomic mass is 32.2. The summed E-state index contributed by atoms with van der Waals surface area (Å²) in [6.45, 7) is 7.08. The lowest BCUT2D eigenvalue weighted by molar-refractivity contribution is -0.305. The van der Waals surface area contributed by atoms with E-state index in [0.29, 0.717) is 27.8 Å². The fourth-order valence-electron chi connectivity index (χ4n) is 4.81. The lowest BCUT2D eigenvalue weighted by Gasteiger charge is -2.47. The van der Waals surface area contributed by atoms with Crippen LogP contribution in [0.4, 0.5) is 0 Å². The van der Waals surface area contributed by atoms with Gasteiger partial charge in [-0.1, -0.05) is 11.8 Å². The van der Waals surface area contributed by atoms with Crippen molar-refractivity contribution in [2.75, 3.05) is 7.11 Å². The number of aromatic amines is 2. The Labute approximate surface area is 233 Å². The molecule has 0 unspecified atom stereocenters. The summed E-state index contributed by atoms with van der Waals surface area (Å²) in [6, 6.07) is 8.29. The highest BCUT2D eigenvalue weighted by molar-refractivity contribution is 7.98. The average Bonchev–Trinajstić information content (AvgIpc) is 3.59. The summed E-state index contributed by atoms with van der Waals surface area (Å²) < 4.78 is 29.1. The van der Waals surface area contributed by atoms with E-state index in [4.69, 9.17) is 23.4 Å². The van der Waals surface area contributed by atoms with Gasteiger partial charge in [-0.2, -0.15) is 5.10 Å². The molecular formula is C27H30N4O8S. The third kappa shape index (κ3) is 5.50. The van der Waals surface area contributed by atoms with E-state index in [2.05, 4.69) is 20.2 Å². The molecule has 13 heteroatoms. The highest BCUT2D eigenvalue weighted by Crippen LogP contribution is 2.37. The Morgan fingerprint density at radius 2 is 2.02 bits per heavy atom. The van der Waals surface area contributed by atoms with E-state index in [1.54, 1.807) is 45.0 Å². The number of aliphatic hydroxyl groups excluding tert-OH is 1. The number of nitrogens with one attached hydrogen (secondary N) is 2. The van der Waals surface area contributed by atoms with Crippen LogP contribution in [0.15, 0.2) is 51.0 Å². The Balaban J connectivity index is 1.42. The normalized spacial score (nSPS) is 22.4. The summed E-state index contributed by atoms with van der Waals surface area (Å²) in [5.74, 6) is 0.146.